The summed E-state index contributed by atoms with van der Waals surface area (Å²) in [6.07, 6.45) is -2.16. The van der Waals surface area contributed by atoms with Crippen molar-refractivity contribution in [1.29, 1.82) is 5.41 Å². The molecule has 0 saturated heterocycles. The summed E-state index contributed by atoms with van der Waals surface area (Å²) >= 11 is 0. The number of ether oxygens (including phenoxy) is 1. The predicted octanol–water partition coefficient (Wildman–Crippen LogP) is 2.55. The minimum absolute atomic E-state index is 0.175. The summed E-state index contributed by atoms with van der Waals surface area (Å²) in [6.45, 7) is 0.199. The van der Waals surface area contributed by atoms with Gasteiger partial charge in [0.25, 0.3) is 6.43 Å². The van der Waals surface area contributed by atoms with Crippen LogP contribution in [0.25, 0.3) is 10.9 Å². The third-order valence-corrected chi connectivity index (χ3v) is 3.37. The van der Waals surface area contributed by atoms with Crippen LogP contribution in [0.3, 0.4) is 0 Å². The van der Waals surface area contributed by atoms with Crippen LogP contribution in [0.2, 0.25) is 0 Å². The molecule has 2 N–H and O–H groups in total. The number of fused-ring (bicyclic) bond motifs is 1. The quantitative estimate of drug-likeness (QED) is 0.632. The van der Waals surface area contributed by atoms with E-state index in [0.717, 1.165) is 12.3 Å². The van der Waals surface area contributed by atoms with Crippen molar-refractivity contribution >= 4 is 22.6 Å². The van der Waals surface area contributed by atoms with E-state index in [1.807, 2.05) is 0 Å². The normalized spacial score (nSPS) is 13.8. The molecule has 0 amide bonds. The van der Waals surface area contributed by atoms with E-state index in [9.17, 15) is 18.7 Å². The Morgan fingerprint density at radius 3 is 2.83 bits per heavy atom. The molecule has 7 heteroatoms. The lowest BCUT2D eigenvalue weighted by Crippen LogP contribution is -2.44. The van der Waals surface area contributed by atoms with E-state index in [2.05, 4.69) is 9.72 Å². The van der Waals surface area contributed by atoms with Gasteiger partial charge in [-0.15, -0.1) is 0 Å². The molecule has 0 aliphatic rings. The second-order valence-electron chi connectivity index (χ2n) is 5.25. The van der Waals surface area contributed by atoms with Crippen LogP contribution in [0.1, 0.15) is 18.9 Å². The van der Waals surface area contributed by atoms with E-state index in [4.69, 9.17) is 5.41 Å². The first-order chi connectivity index (χ1) is 10.8. The number of hydrogen-bond acceptors (Lipinski definition) is 5. The van der Waals surface area contributed by atoms with Crippen LogP contribution in [-0.2, 0) is 9.53 Å². The van der Waals surface area contributed by atoms with E-state index in [1.165, 1.54) is 0 Å². The largest absolute Gasteiger partial charge is 0.463 e. The summed E-state index contributed by atoms with van der Waals surface area (Å²) in [4.78, 5) is 14.9. The molecule has 0 fully saturated rings. The van der Waals surface area contributed by atoms with Crippen LogP contribution >= 0.6 is 0 Å². The molecule has 0 bridgehead atoms. The molecule has 1 unspecified atom stereocenters. The van der Waals surface area contributed by atoms with E-state index < -0.39 is 31.0 Å². The van der Waals surface area contributed by atoms with Crippen molar-refractivity contribution in [2.45, 2.75) is 25.4 Å². The maximum absolute atomic E-state index is 13.1. The van der Waals surface area contributed by atoms with E-state index in [1.54, 1.807) is 36.5 Å². The van der Waals surface area contributed by atoms with Gasteiger partial charge in [0.1, 0.15) is 6.61 Å². The molecular weight excluding hydrogens is 306 g/mol. The monoisotopic (exact) mass is 322 g/mol. The van der Waals surface area contributed by atoms with Gasteiger partial charge in [-0.05, 0) is 23.8 Å². The fourth-order valence-electron chi connectivity index (χ4n) is 2.09. The number of esters is 1. The smallest absolute Gasteiger partial charge is 0.302 e. The summed E-state index contributed by atoms with van der Waals surface area (Å²) in [7, 11) is 0. The average molecular weight is 322 g/mol. The number of nitrogens with zero attached hydrogens (tertiary/aromatic N) is 1. The van der Waals surface area contributed by atoms with E-state index in [0.29, 0.717) is 11.1 Å². The number of aliphatic hydroxyl groups is 1. The topological polar surface area (TPSA) is 83.3 Å². The maximum Gasteiger partial charge on any atom is 0.302 e. The Hall–Kier alpha value is -2.41. The Balaban J connectivity index is 2.21. The van der Waals surface area contributed by atoms with Crippen molar-refractivity contribution in [2.75, 3.05) is 6.61 Å². The number of pyridine rings is 1. The minimum atomic E-state index is -3.15. The Bertz CT molecular complexity index is 736. The van der Waals surface area contributed by atoms with Gasteiger partial charge < -0.3 is 15.3 Å². The van der Waals surface area contributed by atoms with Crippen LogP contribution in [0.15, 0.2) is 36.5 Å². The molecule has 0 radical (unpaired) electrons. The number of nitrogens with one attached hydrogen (secondary N) is 1. The third-order valence-electron chi connectivity index (χ3n) is 3.37. The van der Waals surface area contributed by atoms with Crippen LogP contribution < -0.4 is 0 Å². The molecule has 1 aromatic carbocycles. The van der Waals surface area contributed by atoms with Gasteiger partial charge >= 0.3 is 5.97 Å². The van der Waals surface area contributed by atoms with Gasteiger partial charge in [-0.25, -0.2) is 8.78 Å². The first-order valence-electron chi connectivity index (χ1n) is 6.88. The highest BCUT2D eigenvalue weighted by Gasteiger charge is 2.40. The predicted molar refractivity (Wildman–Crippen MR) is 80.8 cm³/mol. The van der Waals surface area contributed by atoms with Crippen molar-refractivity contribution in [3.05, 3.63) is 42.1 Å². The lowest BCUT2D eigenvalue weighted by molar-refractivity contribution is -0.161. The molecule has 2 aromatic rings. The fourth-order valence-corrected chi connectivity index (χ4v) is 2.09. The molecule has 0 aliphatic heterocycles. The summed E-state index contributed by atoms with van der Waals surface area (Å²) in [6, 6.07) is 8.41. The first-order valence-corrected chi connectivity index (χ1v) is 6.88. The number of halogens is 2. The summed E-state index contributed by atoms with van der Waals surface area (Å²) in [5.74, 6) is -0.771. The standard InChI is InChI=1S/C16H16F2N2O3/c1-10(21)23-9-16(22,15(17)18)8-13(19)11-4-5-14-12(7-11)3-2-6-20-14/h2-7,15,19,22H,8-9H2,1H3. The highest BCUT2D eigenvalue weighted by atomic mass is 19.3. The van der Waals surface area contributed by atoms with Crippen molar-refractivity contribution in [1.82, 2.24) is 4.98 Å². The second-order valence-corrected chi connectivity index (χ2v) is 5.25. The molecule has 2 rings (SSSR count). The lowest BCUT2D eigenvalue weighted by atomic mass is 9.93. The highest BCUT2D eigenvalue weighted by Crippen LogP contribution is 2.24. The van der Waals surface area contributed by atoms with Gasteiger partial charge in [0, 0.05) is 30.6 Å². The third kappa shape index (κ3) is 4.07. The summed E-state index contributed by atoms with van der Waals surface area (Å²) in [5.41, 5.74) is -1.65. The SMILES string of the molecule is CC(=O)OCC(O)(CC(=N)c1ccc2ncccc2c1)C(F)F. The van der Waals surface area contributed by atoms with Gasteiger partial charge in [-0.1, -0.05) is 12.1 Å². The zero-order valence-corrected chi connectivity index (χ0v) is 12.4. The number of hydrogen-bond donors (Lipinski definition) is 2. The molecule has 1 heterocycles. The maximum atomic E-state index is 13.1. The molecule has 0 saturated carbocycles. The molecule has 0 aliphatic carbocycles. The summed E-state index contributed by atoms with van der Waals surface area (Å²) < 4.78 is 30.7. The van der Waals surface area contributed by atoms with Gasteiger partial charge in [-0.2, -0.15) is 0 Å². The Labute approximate surface area is 131 Å². The number of carbonyl (C=O) groups excluding carboxylic acids is 1. The van der Waals surface area contributed by atoms with E-state index >= 15 is 0 Å². The van der Waals surface area contributed by atoms with Gasteiger partial charge in [-0.3, -0.25) is 9.78 Å². The Morgan fingerprint density at radius 1 is 1.43 bits per heavy atom. The zero-order valence-electron chi connectivity index (χ0n) is 12.4. The van der Waals surface area contributed by atoms with Crippen molar-refractivity contribution in [3.63, 3.8) is 0 Å². The Morgan fingerprint density at radius 2 is 2.17 bits per heavy atom. The Kier molecular flexibility index (Phi) is 5.00. The first kappa shape index (κ1) is 17.0. The van der Waals surface area contributed by atoms with Crippen LogP contribution in [0.4, 0.5) is 8.78 Å². The molecule has 23 heavy (non-hydrogen) atoms. The number of benzene rings is 1. The second kappa shape index (κ2) is 6.78. The van der Waals surface area contributed by atoms with Gasteiger partial charge in [0.2, 0.25) is 0 Å². The van der Waals surface area contributed by atoms with E-state index in [-0.39, 0.29) is 5.71 Å². The molecule has 1 atom stereocenters. The van der Waals surface area contributed by atoms with Gasteiger partial charge in [0.15, 0.2) is 5.60 Å². The number of alkyl halides is 2. The molecular formula is C16H16F2N2O3. The van der Waals surface area contributed by atoms with Crippen LogP contribution in [0.5, 0.6) is 0 Å². The van der Waals surface area contributed by atoms with Gasteiger partial charge in [0.05, 0.1) is 5.52 Å². The summed E-state index contributed by atoms with van der Waals surface area (Å²) in [5, 5.41) is 18.7. The molecule has 0 spiro atoms. The van der Waals surface area contributed by atoms with Crippen molar-refractivity contribution in [2.24, 2.45) is 0 Å². The number of rotatable bonds is 6. The molecule has 1 aromatic heterocycles. The van der Waals surface area contributed by atoms with Crippen molar-refractivity contribution in [3.8, 4) is 0 Å². The highest BCUT2D eigenvalue weighted by molar-refractivity contribution is 6.01. The van der Waals surface area contributed by atoms with Crippen molar-refractivity contribution < 1.29 is 23.4 Å². The number of carbonyl (C=O) groups is 1. The lowest BCUT2D eigenvalue weighted by Gasteiger charge is -2.26. The minimum Gasteiger partial charge on any atom is -0.463 e. The van der Waals surface area contributed by atoms with Crippen LogP contribution in [-0.4, -0.2) is 40.4 Å². The fraction of sp³-hybridized carbons (Fsp3) is 0.312. The molecule has 5 nitrogen and oxygen atoms in total. The average Bonchev–Trinajstić information content (AvgIpc) is 2.52. The molecule has 122 valence electrons. The van der Waals surface area contributed by atoms with Crippen LogP contribution in [0, 0.1) is 5.41 Å². The zero-order chi connectivity index (χ0) is 17.0. The number of aromatic nitrogens is 1.